The second-order valence-corrected chi connectivity index (χ2v) is 3.60. The summed E-state index contributed by atoms with van der Waals surface area (Å²) in [6.45, 7) is 3.49. The number of nitrogens with one attached hydrogen (secondary N) is 1. The van der Waals surface area contributed by atoms with Crippen LogP contribution in [0.1, 0.15) is 12.5 Å². The fraction of sp³-hybridized carbons (Fsp3) is 0.167. The average molecular weight is 215 g/mol. The molecule has 16 heavy (non-hydrogen) atoms. The van der Waals surface area contributed by atoms with Gasteiger partial charge in [-0.2, -0.15) is 0 Å². The molecule has 1 amide bonds. The first-order valence-corrected chi connectivity index (χ1v) is 5.05. The maximum Gasteiger partial charge on any atom is 0.235 e. The highest BCUT2D eigenvalue weighted by Crippen LogP contribution is 2.20. The van der Waals surface area contributed by atoms with Crippen molar-refractivity contribution in [1.29, 1.82) is 0 Å². The van der Waals surface area contributed by atoms with Crippen molar-refractivity contribution in [3.8, 4) is 11.4 Å². The molecule has 1 aromatic heterocycles. The third-order valence-corrected chi connectivity index (χ3v) is 2.30. The highest BCUT2D eigenvalue weighted by molar-refractivity contribution is 5.81. The number of aromatic nitrogens is 2. The van der Waals surface area contributed by atoms with E-state index < -0.39 is 0 Å². The molecule has 2 aromatic rings. The number of rotatable bonds is 2. The predicted octanol–water partition coefficient (Wildman–Crippen LogP) is 1.95. The van der Waals surface area contributed by atoms with E-state index in [2.05, 4.69) is 10.4 Å². The predicted molar refractivity (Wildman–Crippen MR) is 62.4 cm³/mol. The molecule has 0 aliphatic rings. The molecule has 0 fully saturated rings. The summed E-state index contributed by atoms with van der Waals surface area (Å²) in [4.78, 5) is 15.3. The molecule has 1 N–H and O–H groups in total. The molecule has 0 bridgehead atoms. The standard InChI is InChI=1S/C12H13N3O/c1-9-5-3-4-6-11(9)12-13-7-8-15(12)14-10(2)16/h3-8H,1-2H3,(H,14,16). The molecule has 4 nitrogen and oxygen atoms in total. The van der Waals surface area contributed by atoms with Crippen LogP contribution in [0, 0.1) is 6.92 Å². The monoisotopic (exact) mass is 215 g/mol. The molecule has 0 radical (unpaired) electrons. The molecule has 1 aromatic carbocycles. The number of carbonyl (C=O) groups excluding carboxylic acids is 1. The zero-order valence-corrected chi connectivity index (χ0v) is 9.27. The summed E-state index contributed by atoms with van der Waals surface area (Å²) in [5.41, 5.74) is 4.83. The van der Waals surface area contributed by atoms with Gasteiger partial charge in [-0.25, -0.2) is 9.66 Å². The van der Waals surface area contributed by atoms with Crippen LogP contribution < -0.4 is 5.43 Å². The number of hydrogen-bond acceptors (Lipinski definition) is 2. The van der Waals surface area contributed by atoms with E-state index in [0.29, 0.717) is 0 Å². The number of carbonyl (C=O) groups is 1. The minimum Gasteiger partial charge on any atom is -0.274 e. The van der Waals surface area contributed by atoms with Gasteiger partial charge < -0.3 is 0 Å². The van der Waals surface area contributed by atoms with Crippen molar-refractivity contribution in [2.24, 2.45) is 0 Å². The van der Waals surface area contributed by atoms with Crippen LogP contribution in [0.2, 0.25) is 0 Å². The average Bonchev–Trinajstić information content (AvgIpc) is 2.66. The number of amides is 1. The van der Waals surface area contributed by atoms with E-state index in [0.717, 1.165) is 17.0 Å². The van der Waals surface area contributed by atoms with Gasteiger partial charge in [-0.15, -0.1) is 0 Å². The van der Waals surface area contributed by atoms with Gasteiger partial charge in [-0.05, 0) is 12.5 Å². The van der Waals surface area contributed by atoms with Crippen molar-refractivity contribution in [1.82, 2.24) is 9.66 Å². The van der Waals surface area contributed by atoms with Crippen LogP contribution in [0.5, 0.6) is 0 Å². The fourth-order valence-electron chi connectivity index (χ4n) is 1.59. The highest BCUT2D eigenvalue weighted by atomic mass is 16.2. The molecule has 0 saturated heterocycles. The smallest absolute Gasteiger partial charge is 0.235 e. The lowest BCUT2D eigenvalue weighted by atomic mass is 10.1. The van der Waals surface area contributed by atoms with Crippen LogP contribution in [0.15, 0.2) is 36.7 Å². The zero-order chi connectivity index (χ0) is 11.5. The third kappa shape index (κ3) is 1.95. The van der Waals surface area contributed by atoms with Gasteiger partial charge in [0.05, 0.1) is 0 Å². The number of benzene rings is 1. The normalized spacial score (nSPS) is 10.1. The van der Waals surface area contributed by atoms with E-state index >= 15 is 0 Å². The summed E-state index contributed by atoms with van der Waals surface area (Å²) in [6.07, 6.45) is 3.39. The molecule has 1 heterocycles. The molecular weight excluding hydrogens is 202 g/mol. The molecule has 82 valence electrons. The van der Waals surface area contributed by atoms with Crippen LogP contribution in [-0.2, 0) is 4.79 Å². The van der Waals surface area contributed by atoms with Crippen molar-refractivity contribution in [2.45, 2.75) is 13.8 Å². The first kappa shape index (κ1) is 10.4. The minimum absolute atomic E-state index is 0.118. The summed E-state index contributed by atoms with van der Waals surface area (Å²) >= 11 is 0. The van der Waals surface area contributed by atoms with Crippen molar-refractivity contribution < 1.29 is 4.79 Å². The van der Waals surface area contributed by atoms with E-state index in [1.54, 1.807) is 17.1 Å². The Labute approximate surface area is 93.9 Å². The van der Waals surface area contributed by atoms with E-state index in [1.165, 1.54) is 6.92 Å². The lowest BCUT2D eigenvalue weighted by Gasteiger charge is -2.09. The van der Waals surface area contributed by atoms with E-state index in [1.807, 2.05) is 31.2 Å². The van der Waals surface area contributed by atoms with Crippen molar-refractivity contribution in [3.63, 3.8) is 0 Å². The molecule has 0 atom stereocenters. The van der Waals surface area contributed by atoms with Gasteiger partial charge in [0.2, 0.25) is 5.91 Å². The van der Waals surface area contributed by atoms with Gasteiger partial charge in [0.1, 0.15) is 0 Å². The summed E-state index contributed by atoms with van der Waals surface area (Å²) in [6, 6.07) is 7.93. The largest absolute Gasteiger partial charge is 0.274 e. The Hall–Kier alpha value is -2.10. The minimum atomic E-state index is -0.118. The van der Waals surface area contributed by atoms with Gasteiger partial charge >= 0.3 is 0 Å². The number of hydrogen-bond donors (Lipinski definition) is 1. The molecule has 2 rings (SSSR count). The highest BCUT2D eigenvalue weighted by Gasteiger charge is 2.08. The first-order chi connectivity index (χ1) is 7.68. The molecular formula is C12H13N3O. The van der Waals surface area contributed by atoms with Gasteiger partial charge in [-0.1, -0.05) is 24.3 Å². The number of aryl methyl sites for hydroxylation is 1. The van der Waals surface area contributed by atoms with Crippen molar-refractivity contribution in [2.75, 3.05) is 5.43 Å². The third-order valence-electron chi connectivity index (χ3n) is 2.30. The van der Waals surface area contributed by atoms with Gasteiger partial charge in [0, 0.05) is 24.9 Å². The number of imidazole rings is 1. The molecule has 0 unspecified atom stereocenters. The summed E-state index contributed by atoms with van der Waals surface area (Å²) < 4.78 is 1.63. The van der Waals surface area contributed by atoms with E-state index in [9.17, 15) is 4.79 Å². The topological polar surface area (TPSA) is 46.9 Å². The van der Waals surface area contributed by atoms with Crippen molar-refractivity contribution in [3.05, 3.63) is 42.2 Å². The molecule has 0 saturated carbocycles. The van der Waals surface area contributed by atoms with Gasteiger partial charge in [0.15, 0.2) is 5.82 Å². The van der Waals surface area contributed by atoms with Crippen LogP contribution in [0.25, 0.3) is 11.4 Å². The maximum absolute atomic E-state index is 11.0. The summed E-state index contributed by atoms with van der Waals surface area (Å²) in [5.74, 6) is 0.626. The van der Waals surface area contributed by atoms with E-state index in [4.69, 9.17) is 0 Å². The van der Waals surface area contributed by atoms with Crippen molar-refractivity contribution >= 4 is 5.91 Å². The quantitative estimate of drug-likeness (QED) is 0.832. The van der Waals surface area contributed by atoms with Gasteiger partial charge in [-0.3, -0.25) is 10.2 Å². The Morgan fingerprint density at radius 2 is 2.12 bits per heavy atom. The maximum atomic E-state index is 11.0. The Morgan fingerprint density at radius 1 is 1.38 bits per heavy atom. The van der Waals surface area contributed by atoms with Crippen LogP contribution >= 0.6 is 0 Å². The molecule has 0 aliphatic carbocycles. The Morgan fingerprint density at radius 3 is 2.81 bits per heavy atom. The summed E-state index contributed by atoms with van der Waals surface area (Å²) in [7, 11) is 0. The Kier molecular flexibility index (Phi) is 2.72. The molecule has 0 aliphatic heterocycles. The summed E-state index contributed by atoms with van der Waals surface area (Å²) in [5, 5.41) is 0. The second-order valence-electron chi connectivity index (χ2n) is 3.60. The molecule has 4 heteroatoms. The van der Waals surface area contributed by atoms with Crippen LogP contribution in [0.3, 0.4) is 0 Å². The molecule has 0 spiro atoms. The van der Waals surface area contributed by atoms with Gasteiger partial charge in [0.25, 0.3) is 0 Å². The second kappa shape index (κ2) is 4.18. The Bertz CT molecular complexity index is 516. The lowest BCUT2D eigenvalue weighted by molar-refractivity contribution is -0.115. The lowest BCUT2D eigenvalue weighted by Crippen LogP contribution is -2.19. The van der Waals surface area contributed by atoms with Crippen LogP contribution in [0.4, 0.5) is 0 Å². The zero-order valence-electron chi connectivity index (χ0n) is 9.27. The fourth-order valence-corrected chi connectivity index (χ4v) is 1.59. The number of nitrogens with zero attached hydrogens (tertiary/aromatic N) is 2. The van der Waals surface area contributed by atoms with E-state index in [-0.39, 0.29) is 5.91 Å². The van der Waals surface area contributed by atoms with Crippen LogP contribution in [-0.4, -0.2) is 15.6 Å². The first-order valence-electron chi connectivity index (χ1n) is 5.05. The SMILES string of the molecule is CC(=O)Nn1ccnc1-c1ccccc1C. The Balaban J connectivity index is 2.45.